The molecule has 2 aromatic heterocycles. The van der Waals surface area contributed by atoms with E-state index in [0.717, 1.165) is 21.1 Å². The second-order valence-corrected chi connectivity index (χ2v) is 6.94. The van der Waals surface area contributed by atoms with Crippen molar-refractivity contribution in [2.24, 2.45) is 0 Å². The first-order valence-electron chi connectivity index (χ1n) is 7.15. The van der Waals surface area contributed by atoms with E-state index >= 15 is 0 Å². The molecule has 0 bridgehead atoms. The first-order valence-corrected chi connectivity index (χ1v) is 8.91. The minimum Gasteiger partial charge on any atom is -0.349 e. The fourth-order valence-electron chi connectivity index (χ4n) is 2.19. The molecule has 0 unspecified atom stereocenters. The van der Waals surface area contributed by atoms with E-state index in [4.69, 9.17) is 0 Å². The third kappa shape index (κ3) is 4.03. The lowest BCUT2D eigenvalue weighted by Gasteiger charge is -2.13. The molecule has 0 radical (unpaired) electrons. The Bertz CT molecular complexity index is 781. The van der Waals surface area contributed by atoms with Crippen molar-refractivity contribution in [3.05, 3.63) is 64.2 Å². The van der Waals surface area contributed by atoms with E-state index in [-0.39, 0.29) is 24.2 Å². The van der Waals surface area contributed by atoms with Crippen LogP contribution in [0.2, 0.25) is 0 Å². The van der Waals surface area contributed by atoms with Crippen LogP contribution in [0.3, 0.4) is 0 Å². The maximum atomic E-state index is 12.9. The number of thiazole rings is 1. The Morgan fingerprint density at radius 1 is 1.26 bits per heavy atom. The van der Waals surface area contributed by atoms with Gasteiger partial charge in [0.15, 0.2) is 0 Å². The minimum absolute atomic E-state index is 0.0927. The van der Waals surface area contributed by atoms with Crippen LogP contribution < -0.4 is 5.32 Å². The molecule has 0 aliphatic heterocycles. The maximum absolute atomic E-state index is 12.9. The van der Waals surface area contributed by atoms with Gasteiger partial charge in [-0.2, -0.15) is 0 Å². The summed E-state index contributed by atoms with van der Waals surface area (Å²) in [4.78, 5) is 17.8. The molecule has 3 aromatic rings. The lowest BCUT2D eigenvalue weighted by Crippen LogP contribution is -2.28. The molecule has 6 heteroatoms. The molecular weight excluding hydrogens is 331 g/mol. The molecular formula is C17H15FN2OS2. The summed E-state index contributed by atoms with van der Waals surface area (Å²) in [6.45, 7) is 1.88. The summed E-state index contributed by atoms with van der Waals surface area (Å²) in [7, 11) is 0. The molecule has 0 fully saturated rings. The lowest BCUT2D eigenvalue weighted by molar-refractivity contribution is -0.121. The molecule has 118 valence electrons. The number of carbonyl (C=O) groups is 1. The van der Waals surface area contributed by atoms with Crippen LogP contribution in [-0.4, -0.2) is 10.9 Å². The van der Waals surface area contributed by atoms with E-state index in [2.05, 4.69) is 10.3 Å². The van der Waals surface area contributed by atoms with E-state index < -0.39 is 0 Å². The predicted molar refractivity (Wildman–Crippen MR) is 92.1 cm³/mol. The highest BCUT2D eigenvalue weighted by Crippen LogP contribution is 2.27. The molecule has 1 amide bonds. The molecule has 0 saturated carbocycles. The van der Waals surface area contributed by atoms with Gasteiger partial charge >= 0.3 is 0 Å². The number of thiophene rings is 1. The Labute approximate surface area is 141 Å². The molecule has 3 nitrogen and oxygen atoms in total. The first kappa shape index (κ1) is 15.8. The number of hydrogen-bond acceptors (Lipinski definition) is 4. The van der Waals surface area contributed by atoms with Crippen LogP contribution >= 0.6 is 22.7 Å². The normalized spacial score (nSPS) is 12.1. The zero-order valence-electron chi connectivity index (χ0n) is 12.5. The van der Waals surface area contributed by atoms with Crippen LogP contribution in [-0.2, 0) is 11.2 Å². The van der Waals surface area contributed by atoms with E-state index in [9.17, 15) is 9.18 Å². The molecule has 3 rings (SSSR count). The van der Waals surface area contributed by atoms with Gasteiger partial charge in [-0.1, -0.05) is 18.2 Å². The molecule has 1 N–H and O–H groups in total. The van der Waals surface area contributed by atoms with Gasteiger partial charge in [-0.05, 0) is 36.1 Å². The summed E-state index contributed by atoms with van der Waals surface area (Å²) < 4.78 is 12.9. The Balaban J connectivity index is 1.60. The van der Waals surface area contributed by atoms with Crippen LogP contribution in [0.5, 0.6) is 0 Å². The Kier molecular flexibility index (Phi) is 4.83. The molecule has 0 aliphatic carbocycles. The number of nitrogens with one attached hydrogen (secondary N) is 1. The Morgan fingerprint density at radius 2 is 2.04 bits per heavy atom. The predicted octanol–water partition coefficient (Wildman–Crippen LogP) is 4.43. The van der Waals surface area contributed by atoms with Crippen molar-refractivity contribution in [1.29, 1.82) is 0 Å². The number of hydrogen-bond donors (Lipinski definition) is 1. The molecule has 1 aromatic carbocycles. The van der Waals surface area contributed by atoms with Crippen molar-refractivity contribution in [2.75, 3.05) is 0 Å². The van der Waals surface area contributed by atoms with Gasteiger partial charge in [0, 0.05) is 5.38 Å². The van der Waals surface area contributed by atoms with Gasteiger partial charge < -0.3 is 5.32 Å². The van der Waals surface area contributed by atoms with Crippen molar-refractivity contribution >= 4 is 28.6 Å². The SMILES string of the molecule is C[C@@H](NC(=O)Cc1csc(-c2cccs2)n1)c1ccc(F)cc1. The van der Waals surface area contributed by atoms with Crippen molar-refractivity contribution in [3.8, 4) is 9.88 Å². The monoisotopic (exact) mass is 346 g/mol. The van der Waals surface area contributed by atoms with Crippen LogP contribution in [0.15, 0.2) is 47.2 Å². The molecule has 23 heavy (non-hydrogen) atoms. The van der Waals surface area contributed by atoms with Crippen molar-refractivity contribution < 1.29 is 9.18 Å². The Morgan fingerprint density at radius 3 is 2.74 bits per heavy atom. The van der Waals surface area contributed by atoms with Crippen molar-refractivity contribution in [3.63, 3.8) is 0 Å². The topological polar surface area (TPSA) is 42.0 Å². The number of carbonyl (C=O) groups excluding carboxylic acids is 1. The van der Waals surface area contributed by atoms with Crippen LogP contribution in [0, 0.1) is 5.82 Å². The third-order valence-corrected chi connectivity index (χ3v) is 5.30. The summed E-state index contributed by atoms with van der Waals surface area (Å²) in [5, 5.41) is 7.77. The summed E-state index contributed by atoms with van der Waals surface area (Å²) in [5.41, 5.74) is 1.64. The number of aromatic nitrogens is 1. The van der Waals surface area contributed by atoms with Gasteiger partial charge in [-0.25, -0.2) is 9.37 Å². The summed E-state index contributed by atoms with van der Waals surface area (Å²) in [6.07, 6.45) is 0.243. The van der Waals surface area contributed by atoms with Crippen LogP contribution in [0.1, 0.15) is 24.2 Å². The number of benzene rings is 1. The first-order chi connectivity index (χ1) is 11.1. The summed E-state index contributed by atoms with van der Waals surface area (Å²) in [5.74, 6) is -0.374. The van der Waals surface area contributed by atoms with Crippen molar-refractivity contribution in [1.82, 2.24) is 10.3 Å². The van der Waals surface area contributed by atoms with E-state index in [1.165, 1.54) is 12.1 Å². The van der Waals surface area contributed by atoms with Gasteiger partial charge in [0.25, 0.3) is 0 Å². The number of nitrogens with zero attached hydrogens (tertiary/aromatic N) is 1. The smallest absolute Gasteiger partial charge is 0.226 e. The molecule has 0 saturated heterocycles. The number of rotatable bonds is 5. The average Bonchev–Trinajstić information content (AvgIpc) is 3.18. The van der Waals surface area contributed by atoms with E-state index in [1.807, 2.05) is 29.8 Å². The second-order valence-electron chi connectivity index (χ2n) is 5.14. The second kappa shape index (κ2) is 7.02. The lowest BCUT2D eigenvalue weighted by atomic mass is 10.1. The summed E-state index contributed by atoms with van der Waals surface area (Å²) in [6, 6.07) is 9.98. The highest BCUT2D eigenvalue weighted by atomic mass is 32.1. The highest BCUT2D eigenvalue weighted by molar-refractivity contribution is 7.20. The molecule has 0 spiro atoms. The molecule has 2 heterocycles. The zero-order valence-corrected chi connectivity index (χ0v) is 14.1. The fraction of sp³-hybridized carbons (Fsp3) is 0.176. The van der Waals surface area contributed by atoms with Crippen LogP contribution in [0.4, 0.5) is 4.39 Å². The minimum atomic E-state index is -0.282. The van der Waals surface area contributed by atoms with E-state index in [1.54, 1.807) is 34.8 Å². The summed E-state index contributed by atoms with van der Waals surface area (Å²) >= 11 is 3.18. The number of amides is 1. The average molecular weight is 346 g/mol. The molecule has 0 aliphatic rings. The number of halogens is 1. The van der Waals surface area contributed by atoms with E-state index in [0.29, 0.717) is 0 Å². The standard InChI is InChI=1S/C17H15FN2OS2/c1-11(12-4-6-13(18)7-5-12)19-16(21)9-14-10-23-17(20-14)15-3-2-8-22-15/h2-8,10-11H,9H2,1H3,(H,19,21)/t11-/m1/s1. The van der Waals surface area contributed by atoms with Crippen LogP contribution in [0.25, 0.3) is 9.88 Å². The fourth-order valence-corrected chi connectivity index (χ4v) is 3.83. The van der Waals surface area contributed by atoms with Gasteiger partial charge in [0.2, 0.25) is 5.91 Å². The van der Waals surface area contributed by atoms with Gasteiger partial charge in [-0.15, -0.1) is 22.7 Å². The highest BCUT2D eigenvalue weighted by Gasteiger charge is 2.13. The van der Waals surface area contributed by atoms with Gasteiger partial charge in [0.05, 0.1) is 23.0 Å². The maximum Gasteiger partial charge on any atom is 0.226 e. The van der Waals surface area contributed by atoms with Gasteiger partial charge in [0.1, 0.15) is 10.8 Å². The third-order valence-electron chi connectivity index (χ3n) is 3.37. The Hall–Kier alpha value is -2.05. The van der Waals surface area contributed by atoms with Gasteiger partial charge in [-0.3, -0.25) is 4.79 Å². The molecule has 1 atom stereocenters. The largest absolute Gasteiger partial charge is 0.349 e. The quantitative estimate of drug-likeness (QED) is 0.742. The van der Waals surface area contributed by atoms with Crippen molar-refractivity contribution in [2.45, 2.75) is 19.4 Å². The zero-order chi connectivity index (χ0) is 16.2.